The number of hydrogen-bond acceptors (Lipinski definition) is 8. The van der Waals surface area contributed by atoms with Crippen LogP contribution in [-0.4, -0.2) is 88.1 Å². The summed E-state index contributed by atoms with van der Waals surface area (Å²) in [6, 6.07) is -0.589. The number of nitrogens with zero attached hydrogens (tertiary/aromatic N) is 1. The molecule has 5 saturated carbocycles. The SMILES string of the molecule is CCOC(C1CC(C)C2C(O1)C(O)C1(C)C3CCC4C(C)(C)C(OC(=O)C5CCCN5C(=O)OC(C)(C)C)CCC45CC35CCC21C)C(C)(C)O. The van der Waals surface area contributed by atoms with Crippen LogP contribution in [0.5, 0.6) is 0 Å². The molecule has 0 aromatic rings. The van der Waals surface area contributed by atoms with Crippen LogP contribution in [0.15, 0.2) is 0 Å². The van der Waals surface area contributed by atoms with E-state index in [0.29, 0.717) is 37.3 Å². The number of ether oxygens (including phenoxy) is 4. The molecule has 9 nitrogen and oxygen atoms in total. The maximum atomic E-state index is 13.8. The van der Waals surface area contributed by atoms with Crippen molar-refractivity contribution in [3.05, 3.63) is 0 Å². The number of carbonyl (C=O) groups excluding carboxylic acids is 2. The summed E-state index contributed by atoms with van der Waals surface area (Å²) in [4.78, 5) is 28.3. The molecule has 0 radical (unpaired) electrons. The van der Waals surface area contributed by atoms with Crippen LogP contribution in [0.25, 0.3) is 0 Å². The fraction of sp³-hybridized carbons (Fsp3) is 0.952. The second kappa shape index (κ2) is 12.0. The Kier molecular flexibility index (Phi) is 8.94. The van der Waals surface area contributed by atoms with E-state index in [9.17, 15) is 19.8 Å². The lowest BCUT2D eigenvalue weighted by molar-refractivity contribution is -0.215. The standard InChI is InChI=1S/C42H69NO8/c1-12-48-33(38(8,9)47)26-22-24(2)30-31(49-26)32(44)40(11)28-16-15-27-37(6,7)29(17-18-41(27)23-42(28,41)20-19-39(30,40)10)50-34(45)25-14-13-21-43(25)35(46)51-36(3,4)5/h24-33,44,47H,12-23H2,1-11H3. The molecule has 2 saturated heterocycles. The van der Waals surface area contributed by atoms with Crippen molar-refractivity contribution < 1.29 is 38.7 Å². The minimum absolute atomic E-state index is 0.0482. The van der Waals surface area contributed by atoms with Gasteiger partial charge in [0.25, 0.3) is 0 Å². The Morgan fingerprint density at radius 1 is 0.961 bits per heavy atom. The van der Waals surface area contributed by atoms with Gasteiger partial charge in [-0.3, -0.25) is 4.90 Å². The van der Waals surface area contributed by atoms with E-state index < -0.39 is 35.5 Å². The summed E-state index contributed by atoms with van der Waals surface area (Å²) in [5, 5.41) is 23.7. The number of aliphatic hydroxyl groups excluding tert-OH is 1. The van der Waals surface area contributed by atoms with Crippen molar-refractivity contribution in [2.75, 3.05) is 13.2 Å². The molecule has 2 heterocycles. The molecule has 290 valence electrons. The predicted octanol–water partition coefficient (Wildman–Crippen LogP) is 7.29. The summed E-state index contributed by atoms with van der Waals surface area (Å²) in [6.07, 6.45) is 7.49. The zero-order chi connectivity index (χ0) is 37.3. The molecule has 7 rings (SSSR count). The van der Waals surface area contributed by atoms with Crippen molar-refractivity contribution in [1.29, 1.82) is 0 Å². The molecule has 51 heavy (non-hydrogen) atoms. The van der Waals surface area contributed by atoms with E-state index in [1.54, 1.807) is 18.7 Å². The van der Waals surface area contributed by atoms with Gasteiger partial charge in [0.05, 0.1) is 23.9 Å². The summed E-state index contributed by atoms with van der Waals surface area (Å²) in [6.45, 7) is 24.0. The lowest BCUT2D eigenvalue weighted by Crippen LogP contribution is -2.60. The normalized spacial score (nSPS) is 47.6. The van der Waals surface area contributed by atoms with Crippen LogP contribution in [0, 0.1) is 50.7 Å². The van der Waals surface area contributed by atoms with Gasteiger partial charge >= 0.3 is 12.1 Å². The average molecular weight is 716 g/mol. The van der Waals surface area contributed by atoms with Crippen molar-refractivity contribution in [3.63, 3.8) is 0 Å². The fourth-order valence-electron chi connectivity index (χ4n) is 14.4. The highest BCUT2D eigenvalue weighted by molar-refractivity contribution is 5.82. The van der Waals surface area contributed by atoms with E-state index in [0.717, 1.165) is 44.9 Å². The third kappa shape index (κ3) is 5.33. The maximum absolute atomic E-state index is 13.8. The highest BCUT2D eigenvalue weighted by atomic mass is 16.6. The summed E-state index contributed by atoms with van der Waals surface area (Å²) >= 11 is 0. The molecular weight excluding hydrogens is 646 g/mol. The van der Waals surface area contributed by atoms with Crippen LogP contribution < -0.4 is 0 Å². The van der Waals surface area contributed by atoms with Gasteiger partial charge in [-0.25, -0.2) is 9.59 Å². The third-order valence-electron chi connectivity index (χ3n) is 16.6. The molecule has 0 bridgehead atoms. The van der Waals surface area contributed by atoms with Gasteiger partial charge in [-0.05, 0) is 146 Å². The lowest BCUT2D eigenvalue weighted by atomic mass is 9.41. The van der Waals surface area contributed by atoms with E-state index >= 15 is 0 Å². The molecule has 7 aliphatic rings. The number of fused-ring (bicyclic) bond motifs is 4. The Hall–Kier alpha value is -1.42. The minimum atomic E-state index is -1.05. The predicted molar refractivity (Wildman–Crippen MR) is 194 cm³/mol. The van der Waals surface area contributed by atoms with Crippen LogP contribution in [-0.2, 0) is 23.7 Å². The first-order valence-corrected chi connectivity index (χ1v) is 20.5. The second-order valence-corrected chi connectivity index (χ2v) is 20.8. The van der Waals surface area contributed by atoms with E-state index in [2.05, 4.69) is 34.6 Å². The van der Waals surface area contributed by atoms with Gasteiger partial charge in [-0.1, -0.05) is 34.6 Å². The zero-order valence-corrected chi connectivity index (χ0v) is 33.5. The number of amides is 1. The number of esters is 1. The van der Waals surface area contributed by atoms with Gasteiger partial charge < -0.3 is 29.2 Å². The van der Waals surface area contributed by atoms with Crippen molar-refractivity contribution in [1.82, 2.24) is 4.90 Å². The number of likely N-dealkylation sites (tertiary alicyclic amines) is 1. The minimum Gasteiger partial charge on any atom is -0.460 e. The van der Waals surface area contributed by atoms with Crippen LogP contribution in [0.2, 0.25) is 0 Å². The van der Waals surface area contributed by atoms with Crippen molar-refractivity contribution >= 4 is 12.1 Å². The summed E-state index contributed by atoms with van der Waals surface area (Å²) in [5.41, 5.74) is -1.81. The van der Waals surface area contributed by atoms with Crippen molar-refractivity contribution in [2.24, 2.45) is 50.7 Å². The molecule has 9 heteroatoms. The summed E-state index contributed by atoms with van der Waals surface area (Å²) in [7, 11) is 0. The molecule has 0 aromatic carbocycles. The van der Waals surface area contributed by atoms with Crippen LogP contribution >= 0.6 is 0 Å². The highest BCUT2D eigenvalue weighted by Crippen LogP contribution is 2.89. The summed E-state index contributed by atoms with van der Waals surface area (Å²) in [5.74, 6) is 1.15. The average Bonchev–Trinajstić information content (AvgIpc) is 3.32. The van der Waals surface area contributed by atoms with Crippen LogP contribution in [0.3, 0.4) is 0 Å². The van der Waals surface area contributed by atoms with Gasteiger partial charge in [0.15, 0.2) is 0 Å². The zero-order valence-electron chi connectivity index (χ0n) is 33.5. The van der Waals surface area contributed by atoms with Crippen LogP contribution in [0.1, 0.15) is 140 Å². The molecule has 0 aromatic heterocycles. The van der Waals surface area contributed by atoms with E-state index in [1.807, 2.05) is 27.7 Å². The fourth-order valence-corrected chi connectivity index (χ4v) is 14.4. The first kappa shape index (κ1) is 37.9. The van der Waals surface area contributed by atoms with Gasteiger partial charge in [0, 0.05) is 24.0 Å². The molecule has 2 N–H and O–H groups in total. The quantitative estimate of drug-likeness (QED) is 0.276. The molecule has 2 aliphatic heterocycles. The Balaban J connectivity index is 1.10. The number of aliphatic hydroxyl groups is 2. The Morgan fingerprint density at radius 3 is 2.27 bits per heavy atom. The lowest BCUT2D eigenvalue weighted by Gasteiger charge is -2.63. The van der Waals surface area contributed by atoms with Gasteiger partial charge in [0.2, 0.25) is 0 Å². The van der Waals surface area contributed by atoms with Gasteiger partial charge in [-0.2, -0.15) is 0 Å². The topological polar surface area (TPSA) is 115 Å². The Bertz CT molecular complexity index is 1390. The third-order valence-corrected chi connectivity index (χ3v) is 16.6. The molecule has 14 unspecified atom stereocenters. The first-order valence-electron chi connectivity index (χ1n) is 20.5. The largest absolute Gasteiger partial charge is 0.460 e. The number of hydrogen-bond donors (Lipinski definition) is 2. The molecule has 14 atom stereocenters. The van der Waals surface area contributed by atoms with E-state index in [-0.39, 0.29) is 57.3 Å². The molecule has 1 amide bonds. The second-order valence-electron chi connectivity index (χ2n) is 20.8. The smallest absolute Gasteiger partial charge is 0.411 e. The van der Waals surface area contributed by atoms with Gasteiger partial charge in [-0.15, -0.1) is 0 Å². The van der Waals surface area contributed by atoms with Gasteiger partial charge in [0.1, 0.15) is 23.9 Å². The number of carbonyl (C=O) groups is 2. The monoisotopic (exact) mass is 716 g/mol. The van der Waals surface area contributed by atoms with Crippen molar-refractivity contribution in [2.45, 2.75) is 188 Å². The molecular formula is C42H69NO8. The Morgan fingerprint density at radius 2 is 1.63 bits per heavy atom. The molecule has 2 spiro atoms. The summed E-state index contributed by atoms with van der Waals surface area (Å²) < 4.78 is 25.1. The van der Waals surface area contributed by atoms with E-state index in [4.69, 9.17) is 18.9 Å². The number of rotatable bonds is 6. The maximum Gasteiger partial charge on any atom is 0.411 e. The highest BCUT2D eigenvalue weighted by Gasteiger charge is 2.85. The molecule has 7 fully saturated rings. The molecule has 5 aliphatic carbocycles. The van der Waals surface area contributed by atoms with Crippen LogP contribution in [0.4, 0.5) is 4.79 Å². The Labute approximate surface area is 307 Å². The van der Waals surface area contributed by atoms with Crippen molar-refractivity contribution in [3.8, 4) is 0 Å². The first-order chi connectivity index (χ1) is 23.6. The van der Waals surface area contributed by atoms with E-state index in [1.165, 1.54) is 12.8 Å².